The summed E-state index contributed by atoms with van der Waals surface area (Å²) in [5.74, 6) is -1.43. The molecule has 4 amide bonds. The standard InChI is InChI=1S/C52H67N7O7/c1-9-45(61)56-24-21-39(30-56)50(63)58-25-20-33(3)47(58)49(62)54-43(51(64)59-23-13-14-34(4)55-59)27-36-15-11-16-37(26-36)38-18-19-44-41(28-38)42(29-52(6,7)31-66-32-60)48(57(44)10-2)40-17-12-22-53-46(40)35(5)65-8/h9,11-12,15-19,22,26,28,32-35,39,43,47,55H,1,10,13-14,20-21,23-25,27,29-31H2,2-8H3,(H,54,62)/t33-,34+,35-,39-,43-,47-/m0/s1. The minimum Gasteiger partial charge on any atom is -0.467 e. The summed E-state index contributed by atoms with van der Waals surface area (Å²) in [6, 6.07) is 17.1. The van der Waals surface area contributed by atoms with E-state index in [2.05, 4.69) is 79.1 Å². The van der Waals surface area contributed by atoms with Crippen molar-refractivity contribution >= 4 is 41.0 Å². The van der Waals surface area contributed by atoms with Gasteiger partial charge in [-0.25, -0.2) is 5.43 Å². The van der Waals surface area contributed by atoms with Gasteiger partial charge in [-0.1, -0.05) is 57.7 Å². The summed E-state index contributed by atoms with van der Waals surface area (Å²) < 4.78 is 13.5. The number of nitrogens with one attached hydrogen (secondary N) is 2. The number of ether oxygens (including phenoxy) is 2. The first-order valence-corrected chi connectivity index (χ1v) is 23.6. The molecule has 0 bridgehead atoms. The molecular weight excluding hydrogens is 835 g/mol. The molecule has 5 heterocycles. The summed E-state index contributed by atoms with van der Waals surface area (Å²) in [5, 5.41) is 5.86. The summed E-state index contributed by atoms with van der Waals surface area (Å²) in [4.78, 5) is 74.7. The number of amides is 4. The molecule has 352 valence electrons. The minimum atomic E-state index is -0.906. The third kappa shape index (κ3) is 10.2. The molecule has 3 aliphatic rings. The van der Waals surface area contributed by atoms with Gasteiger partial charge in [0.1, 0.15) is 12.1 Å². The largest absolute Gasteiger partial charge is 0.467 e. The average Bonchev–Trinajstić information content (AvgIpc) is 4.05. The van der Waals surface area contributed by atoms with Gasteiger partial charge in [-0.05, 0) is 111 Å². The van der Waals surface area contributed by atoms with Crippen molar-refractivity contribution < 1.29 is 33.4 Å². The van der Waals surface area contributed by atoms with Gasteiger partial charge in [0.05, 0.1) is 30.0 Å². The first-order valence-electron chi connectivity index (χ1n) is 23.6. The van der Waals surface area contributed by atoms with Crippen LogP contribution in [0.2, 0.25) is 0 Å². The fourth-order valence-electron chi connectivity index (χ4n) is 10.3. The van der Waals surface area contributed by atoms with Crippen molar-refractivity contribution in [1.29, 1.82) is 0 Å². The van der Waals surface area contributed by atoms with E-state index in [1.807, 2.05) is 39.0 Å². The number of rotatable bonds is 17. The number of aromatic nitrogens is 2. The molecule has 6 atom stereocenters. The lowest BCUT2D eigenvalue weighted by Gasteiger charge is -2.35. The van der Waals surface area contributed by atoms with Crippen LogP contribution in [0.4, 0.5) is 0 Å². The van der Waals surface area contributed by atoms with Crippen LogP contribution in [0.5, 0.6) is 0 Å². The number of hydrazine groups is 1. The first kappa shape index (κ1) is 48.1. The van der Waals surface area contributed by atoms with Gasteiger partial charge in [-0.3, -0.25) is 34.0 Å². The molecule has 0 unspecified atom stereocenters. The Morgan fingerprint density at radius 1 is 1.02 bits per heavy atom. The van der Waals surface area contributed by atoms with Gasteiger partial charge in [-0.15, -0.1) is 0 Å². The third-order valence-electron chi connectivity index (χ3n) is 13.8. The predicted molar refractivity (Wildman–Crippen MR) is 255 cm³/mol. The van der Waals surface area contributed by atoms with E-state index in [-0.39, 0.29) is 54.7 Å². The maximum Gasteiger partial charge on any atom is 0.293 e. The number of aryl methyl sites for hydroxylation is 1. The quantitative estimate of drug-likeness (QED) is 0.0876. The Morgan fingerprint density at radius 2 is 1.80 bits per heavy atom. The van der Waals surface area contributed by atoms with Crippen LogP contribution in [0.3, 0.4) is 0 Å². The molecule has 0 spiro atoms. The maximum atomic E-state index is 14.5. The zero-order valence-electron chi connectivity index (χ0n) is 39.7. The van der Waals surface area contributed by atoms with Crippen LogP contribution in [0.25, 0.3) is 33.3 Å². The molecule has 3 saturated heterocycles. The van der Waals surface area contributed by atoms with Crippen molar-refractivity contribution in [2.45, 2.75) is 111 Å². The van der Waals surface area contributed by atoms with Crippen molar-refractivity contribution in [2.24, 2.45) is 17.3 Å². The van der Waals surface area contributed by atoms with Crippen molar-refractivity contribution in [2.75, 3.05) is 39.9 Å². The fourth-order valence-corrected chi connectivity index (χ4v) is 10.3. The number of pyridine rings is 1. The van der Waals surface area contributed by atoms with Gasteiger partial charge in [0.25, 0.3) is 12.4 Å². The second-order valence-electron chi connectivity index (χ2n) is 19.2. The third-order valence-corrected chi connectivity index (χ3v) is 13.8. The highest BCUT2D eigenvalue weighted by Gasteiger charge is 2.44. The Morgan fingerprint density at radius 3 is 2.53 bits per heavy atom. The van der Waals surface area contributed by atoms with E-state index in [9.17, 15) is 24.0 Å². The van der Waals surface area contributed by atoms with Gasteiger partial charge in [0.15, 0.2) is 0 Å². The van der Waals surface area contributed by atoms with E-state index in [0.717, 1.165) is 62.9 Å². The first-order chi connectivity index (χ1) is 31.7. The number of fused-ring (bicyclic) bond motifs is 1. The molecular formula is C52H67N7O7. The van der Waals surface area contributed by atoms with Crippen molar-refractivity contribution in [3.63, 3.8) is 0 Å². The van der Waals surface area contributed by atoms with Gasteiger partial charge < -0.3 is 29.2 Å². The lowest BCUT2D eigenvalue weighted by Crippen LogP contribution is -2.60. The van der Waals surface area contributed by atoms with Gasteiger partial charge in [0, 0.05) is 80.4 Å². The number of carbonyl (C=O) groups is 5. The maximum absolute atomic E-state index is 14.5. The lowest BCUT2D eigenvalue weighted by atomic mass is 9.84. The average molecular weight is 902 g/mol. The molecule has 14 heteroatoms. The topological polar surface area (TPSA) is 155 Å². The highest BCUT2D eigenvalue weighted by atomic mass is 16.5. The smallest absolute Gasteiger partial charge is 0.293 e. The number of benzene rings is 2. The highest BCUT2D eigenvalue weighted by molar-refractivity contribution is 5.96. The molecule has 0 aliphatic carbocycles. The van der Waals surface area contributed by atoms with Gasteiger partial charge in [-0.2, -0.15) is 0 Å². The van der Waals surface area contributed by atoms with Gasteiger partial charge in [0.2, 0.25) is 17.7 Å². The van der Waals surface area contributed by atoms with Crippen molar-refractivity contribution in [1.82, 2.24) is 35.1 Å². The Hall–Kier alpha value is -5.86. The minimum absolute atomic E-state index is 0.100. The molecule has 4 aromatic rings. The van der Waals surface area contributed by atoms with E-state index in [1.54, 1.807) is 28.1 Å². The van der Waals surface area contributed by atoms with E-state index in [4.69, 9.17) is 14.5 Å². The molecule has 2 aromatic heterocycles. The molecule has 0 saturated carbocycles. The number of hydrogen-bond donors (Lipinski definition) is 2. The summed E-state index contributed by atoms with van der Waals surface area (Å²) in [6.07, 6.45) is 6.61. The number of nitrogens with zero attached hydrogens (tertiary/aromatic N) is 5. The number of hydrogen-bond acceptors (Lipinski definition) is 9. The Labute approximate surface area is 389 Å². The molecule has 2 aromatic carbocycles. The van der Waals surface area contributed by atoms with Crippen LogP contribution in [-0.2, 0) is 52.8 Å². The Kier molecular flexibility index (Phi) is 15.1. The summed E-state index contributed by atoms with van der Waals surface area (Å²) in [6.45, 7) is 19.1. The fraction of sp³-hybridized carbons (Fsp3) is 0.500. The predicted octanol–water partition coefficient (Wildman–Crippen LogP) is 6.65. The SMILES string of the molecule is C=CC(=O)N1CC[C@H](C(=O)N2CC[C@H](C)[C@H]2C(=O)N[C@@H](Cc2cccc(-c3ccc4c(c3)c(CC(C)(C)COC=O)c(-c3cccnc3[C@H](C)OC)n4CC)c2)C(=O)N2CCC[C@@H](C)N2)C1. The summed E-state index contributed by atoms with van der Waals surface area (Å²) in [7, 11) is 1.68. The molecule has 3 fully saturated rings. The molecule has 14 nitrogen and oxygen atoms in total. The Bertz CT molecular complexity index is 2450. The number of carbonyl (C=O) groups excluding carboxylic acids is 5. The van der Waals surface area contributed by atoms with Crippen molar-refractivity contribution in [3.05, 3.63) is 90.3 Å². The van der Waals surface area contributed by atoms with E-state index >= 15 is 0 Å². The molecule has 0 radical (unpaired) electrons. The zero-order chi connectivity index (χ0) is 47.3. The second-order valence-corrected chi connectivity index (χ2v) is 19.2. The lowest BCUT2D eigenvalue weighted by molar-refractivity contribution is -0.145. The highest BCUT2D eigenvalue weighted by Crippen LogP contribution is 2.42. The molecule has 3 aliphatic heterocycles. The zero-order valence-corrected chi connectivity index (χ0v) is 39.7. The van der Waals surface area contributed by atoms with Crippen LogP contribution in [0, 0.1) is 17.3 Å². The van der Waals surface area contributed by atoms with Crippen molar-refractivity contribution in [3.8, 4) is 22.4 Å². The Balaban J connectivity index is 1.22. The van der Waals surface area contributed by atoms with Crippen LogP contribution in [0.1, 0.15) is 90.2 Å². The number of methoxy groups -OCH3 is 1. The van der Waals surface area contributed by atoms with Crippen LogP contribution in [0.15, 0.2) is 73.4 Å². The normalized spacial score (nSPS) is 20.9. The number of likely N-dealkylation sites (tertiary alicyclic amines) is 2. The molecule has 2 N–H and O–H groups in total. The second kappa shape index (κ2) is 20.8. The molecule has 66 heavy (non-hydrogen) atoms. The summed E-state index contributed by atoms with van der Waals surface area (Å²) in [5.41, 5.74) is 10.8. The van der Waals surface area contributed by atoms with E-state index in [0.29, 0.717) is 58.5 Å². The van der Waals surface area contributed by atoms with E-state index in [1.165, 1.54) is 6.08 Å². The summed E-state index contributed by atoms with van der Waals surface area (Å²) >= 11 is 0. The molecule has 7 rings (SSSR count). The van der Waals surface area contributed by atoms with Crippen LogP contribution in [-0.4, -0.2) is 112 Å². The monoisotopic (exact) mass is 902 g/mol. The van der Waals surface area contributed by atoms with Gasteiger partial charge >= 0.3 is 0 Å². The van der Waals surface area contributed by atoms with E-state index < -0.39 is 23.4 Å². The van der Waals surface area contributed by atoms with Crippen LogP contribution >= 0.6 is 0 Å². The van der Waals surface area contributed by atoms with Crippen LogP contribution < -0.4 is 10.7 Å².